The van der Waals surface area contributed by atoms with Crippen LogP contribution in [0.15, 0.2) is 22.7 Å². The molecule has 18 heteroatoms. The summed E-state index contributed by atoms with van der Waals surface area (Å²) in [5, 5.41) is 12.8. The quantitative estimate of drug-likeness (QED) is 0.0541. The van der Waals surface area contributed by atoms with E-state index in [1.165, 1.54) is 4.68 Å². The van der Waals surface area contributed by atoms with Crippen molar-refractivity contribution in [2.75, 3.05) is 12.0 Å². The number of aryl methyl sites for hydroxylation is 1. The van der Waals surface area contributed by atoms with Crippen LogP contribution >= 0.6 is 11.6 Å². The van der Waals surface area contributed by atoms with Gasteiger partial charge in [0.15, 0.2) is 24.5 Å². The molecule has 1 fully saturated rings. The fourth-order valence-corrected chi connectivity index (χ4v) is 4.61. The van der Waals surface area contributed by atoms with Crippen molar-refractivity contribution >= 4 is 65.4 Å². The van der Waals surface area contributed by atoms with Gasteiger partial charge in [0.25, 0.3) is 0 Å². The standard InChI is InChI=1S/C25H28ClN5O11S/c1-11-8-16(26)6-7-17(11)30-18(9-32)23(42-29-30)28-31(25(27)43)24-22(40-15(5)36)21(39-14(4)35)20(38-13(3)34)19(41-24)10-37-12(2)33/h6-9,19-22,24H,10H2,1-5H3,(H2-,27,28,29,32,43)/t19-,20+,21+,22-,24-/m1/s1. The van der Waals surface area contributed by atoms with E-state index in [-0.39, 0.29) is 11.6 Å². The molecule has 43 heavy (non-hydrogen) atoms. The van der Waals surface area contributed by atoms with Crippen LogP contribution in [0.5, 0.6) is 0 Å². The molecule has 0 amide bonds. The lowest BCUT2D eigenvalue weighted by molar-refractivity contribution is -0.671. The maximum atomic E-state index is 12.2. The molecule has 5 atom stereocenters. The Morgan fingerprint density at radius 2 is 1.67 bits per heavy atom. The van der Waals surface area contributed by atoms with Gasteiger partial charge < -0.3 is 41.7 Å². The van der Waals surface area contributed by atoms with E-state index in [0.717, 1.165) is 32.7 Å². The van der Waals surface area contributed by atoms with Gasteiger partial charge in [-0.25, -0.2) is 0 Å². The normalized spacial score (nSPS) is 21.2. The Balaban J connectivity index is 2.11. The number of benzene rings is 1. The zero-order chi connectivity index (χ0) is 32.0. The van der Waals surface area contributed by atoms with E-state index in [0.29, 0.717) is 22.6 Å². The van der Waals surface area contributed by atoms with Gasteiger partial charge in [-0.15, -0.1) is 0 Å². The monoisotopic (exact) mass is 641 g/mol. The average Bonchev–Trinajstić information content (AvgIpc) is 3.30. The van der Waals surface area contributed by atoms with Gasteiger partial charge >= 0.3 is 35.5 Å². The van der Waals surface area contributed by atoms with Crippen molar-refractivity contribution in [1.29, 1.82) is 5.41 Å². The number of hydrogen-bond donors (Lipinski definition) is 2. The summed E-state index contributed by atoms with van der Waals surface area (Å²) in [6.07, 6.45) is -7.08. The van der Waals surface area contributed by atoms with Crippen LogP contribution in [-0.4, -0.2) is 82.9 Å². The van der Waals surface area contributed by atoms with Crippen molar-refractivity contribution in [3.63, 3.8) is 0 Å². The maximum Gasteiger partial charge on any atom is 0.345 e. The van der Waals surface area contributed by atoms with Crippen LogP contribution in [0, 0.1) is 12.3 Å². The van der Waals surface area contributed by atoms with Gasteiger partial charge in [-0.2, -0.15) is 0 Å². The molecular weight excluding hydrogens is 614 g/mol. The Morgan fingerprint density at radius 1 is 1.07 bits per heavy atom. The number of hydrazine groups is 1. The van der Waals surface area contributed by atoms with Gasteiger partial charge in [-0.1, -0.05) is 11.6 Å². The summed E-state index contributed by atoms with van der Waals surface area (Å²) < 4.78 is 33.8. The minimum Gasteiger partial charge on any atom is -0.741 e. The Morgan fingerprint density at radius 3 is 2.21 bits per heavy atom. The third-order valence-electron chi connectivity index (χ3n) is 5.83. The Labute approximate surface area is 255 Å². The molecule has 1 saturated heterocycles. The number of rotatable bonds is 10. The first kappa shape index (κ1) is 33.2. The fourth-order valence-electron chi connectivity index (χ4n) is 4.23. The van der Waals surface area contributed by atoms with E-state index >= 15 is 0 Å². The molecule has 1 aromatic carbocycles. The number of anilines is 1. The molecule has 0 spiro atoms. The molecule has 0 aliphatic carbocycles. The van der Waals surface area contributed by atoms with E-state index in [9.17, 15) is 24.0 Å². The van der Waals surface area contributed by atoms with E-state index in [1.807, 2.05) is 0 Å². The van der Waals surface area contributed by atoms with Crippen molar-refractivity contribution in [2.24, 2.45) is 0 Å². The molecule has 0 unspecified atom stereocenters. The number of aldehydes is 1. The highest BCUT2D eigenvalue weighted by Crippen LogP contribution is 2.32. The molecule has 2 heterocycles. The van der Waals surface area contributed by atoms with Crippen molar-refractivity contribution in [2.45, 2.75) is 65.3 Å². The Hall–Kier alpha value is -4.35. The van der Waals surface area contributed by atoms with Crippen molar-refractivity contribution in [3.05, 3.63) is 34.5 Å². The number of esters is 4. The van der Waals surface area contributed by atoms with Crippen LogP contribution in [0.4, 0.5) is 5.88 Å². The highest BCUT2D eigenvalue weighted by molar-refractivity contribution is 7.77. The van der Waals surface area contributed by atoms with Gasteiger partial charge in [-0.3, -0.25) is 38.9 Å². The second kappa shape index (κ2) is 14.2. The molecule has 3 rings (SSSR count). The number of aromatic nitrogens is 2. The number of nitrogens with zero attached hydrogens (tertiary/aromatic N) is 3. The number of carbonyl (C=O) groups is 5. The van der Waals surface area contributed by atoms with Crippen molar-refractivity contribution in [3.8, 4) is 5.69 Å². The van der Waals surface area contributed by atoms with Crippen LogP contribution in [-0.2, 0) is 55.5 Å². The summed E-state index contributed by atoms with van der Waals surface area (Å²) >= 11 is 11.2. The van der Waals surface area contributed by atoms with Gasteiger partial charge in [0.05, 0.1) is 0 Å². The second-order valence-corrected chi connectivity index (χ2v) is 9.95. The number of amidine groups is 1. The van der Waals surface area contributed by atoms with Gasteiger partial charge in [-0.05, 0) is 28.9 Å². The molecular formula is C25H28ClN5O11S. The summed E-state index contributed by atoms with van der Waals surface area (Å²) in [5.41, 5.74) is 3.56. The predicted octanol–water partition coefficient (Wildman–Crippen LogP) is 0.919. The first-order valence-electron chi connectivity index (χ1n) is 12.5. The summed E-state index contributed by atoms with van der Waals surface area (Å²) in [5.74, 6) is -3.55. The Kier molecular flexibility index (Phi) is 11.0. The minimum absolute atomic E-state index is 0.155. The summed E-state index contributed by atoms with van der Waals surface area (Å²) in [6, 6.07) is 4.82. The molecule has 16 nitrogen and oxygen atoms in total. The van der Waals surface area contributed by atoms with E-state index in [4.69, 9.17) is 57.8 Å². The summed E-state index contributed by atoms with van der Waals surface area (Å²) in [7, 11) is 0. The first-order valence-corrected chi connectivity index (χ1v) is 13.3. The number of hydrogen-bond acceptors (Lipinski definition) is 15. The maximum absolute atomic E-state index is 12.2. The van der Waals surface area contributed by atoms with Crippen LogP contribution in [0.25, 0.3) is 5.69 Å². The van der Waals surface area contributed by atoms with E-state index < -0.39 is 66.3 Å². The van der Waals surface area contributed by atoms with Gasteiger partial charge in [0.1, 0.15) is 12.7 Å². The zero-order valence-corrected chi connectivity index (χ0v) is 25.1. The lowest BCUT2D eigenvalue weighted by Gasteiger charge is -2.48. The molecule has 232 valence electrons. The van der Waals surface area contributed by atoms with Crippen LogP contribution in [0.2, 0.25) is 5.02 Å². The van der Waals surface area contributed by atoms with Crippen LogP contribution in [0.3, 0.4) is 0 Å². The summed E-state index contributed by atoms with van der Waals surface area (Å²) in [4.78, 5) is 60.1. The first-order chi connectivity index (χ1) is 20.2. The number of nitrogens with one attached hydrogen (secondary N) is 2. The molecule has 0 saturated carbocycles. The Bertz CT molecular complexity index is 1420. The smallest absolute Gasteiger partial charge is 0.345 e. The zero-order valence-electron chi connectivity index (χ0n) is 23.5. The lowest BCUT2D eigenvalue weighted by Crippen LogP contribution is -2.67. The topological polar surface area (TPSA) is 201 Å². The fraction of sp³-hybridized carbons (Fsp3) is 0.440. The second-order valence-electron chi connectivity index (χ2n) is 9.12. The SMILES string of the molecule is CC(=O)OC[C@H]1O[C@@H](N(Nc2on[n+](-c3ccc(Cl)cc3C)c2C=O)C(=N)[S-])[C@H](OC(C)=O)[C@@H](OC(C)=O)[C@H]1OC(C)=O. The third kappa shape index (κ3) is 8.14. The molecule has 0 bridgehead atoms. The largest absolute Gasteiger partial charge is 0.741 e. The van der Waals surface area contributed by atoms with E-state index in [2.05, 4.69) is 10.7 Å². The number of ether oxygens (including phenoxy) is 5. The molecule has 0 radical (unpaired) electrons. The minimum atomic E-state index is -1.61. The van der Waals surface area contributed by atoms with Crippen LogP contribution in [0.1, 0.15) is 43.7 Å². The van der Waals surface area contributed by atoms with Crippen molar-refractivity contribution in [1.82, 2.24) is 10.3 Å². The number of carbonyl (C=O) groups excluding carboxylic acids is 5. The van der Waals surface area contributed by atoms with Gasteiger partial charge in [0.2, 0.25) is 17.2 Å². The highest BCUT2D eigenvalue weighted by Gasteiger charge is 2.54. The number of halogens is 1. The molecule has 1 aliphatic heterocycles. The average molecular weight is 642 g/mol. The molecule has 1 aromatic heterocycles. The summed E-state index contributed by atoms with van der Waals surface area (Å²) in [6.45, 7) is 5.55. The molecule has 2 aromatic rings. The lowest BCUT2D eigenvalue weighted by atomic mass is 9.97. The third-order valence-corrected chi connectivity index (χ3v) is 6.27. The molecule has 2 N–H and O–H groups in total. The predicted molar refractivity (Wildman–Crippen MR) is 146 cm³/mol. The van der Waals surface area contributed by atoms with E-state index in [1.54, 1.807) is 25.1 Å². The van der Waals surface area contributed by atoms with Crippen LogP contribution < -0.4 is 10.1 Å². The van der Waals surface area contributed by atoms with Gasteiger partial charge in [0, 0.05) is 44.3 Å². The van der Waals surface area contributed by atoms with Crippen molar-refractivity contribution < 1.29 is 56.9 Å². The highest BCUT2D eigenvalue weighted by atomic mass is 35.5. The molecule has 1 aliphatic rings.